The first-order chi connectivity index (χ1) is 11.2. The monoisotopic (exact) mass is 334 g/mol. The SMILES string of the molecule is Cc1cc(C(=O)N[C@@H](CC(C)C)C(=O)O)nc2[nH]c(=O)[nH]c(=O)c12. The zero-order valence-corrected chi connectivity index (χ0v) is 13.5. The summed E-state index contributed by atoms with van der Waals surface area (Å²) < 4.78 is 0. The molecule has 2 aromatic heterocycles. The molecule has 0 bridgehead atoms. The first-order valence-electron chi connectivity index (χ1n) is 7.36. The number of aliphatic carboxylic acids is 1. The number of carboxylic acids is 1. The third-order valence-corrected chi connectivity index (χ3v) is 3.45. The van der Waals surface area contributed by atoms with E-state index in [-0.39, 0.29) is 29.1 Å². The first kappa shape index (κ1) is 17.4. The normalized spacial score (nSPS) is 12.3. The Hall–Kier alpha value is -2.97. The van der Waals surface area contributed by atoms with Gasteiger partial charge in [-0.15, -0.1) is 0 Å². The molecule has 0 unspecified atom stereocenters. The van der Waals surface area contributed by atoms with Crippen LogP contribution in [0.3, 0.4) is 0 Å². The fourth-order valence-corrected chi connectivity index (χ4v) is 2.40. The first-order valence-corrected chi connectivity index (χ1v) is 7.36. The maximum Gasteiger partial charge on any atom is 0.327 e. The van der Waals surface area contributed by atoms with Crippen LogP contribution >= 0.6 is 0 Å². The van der Waals surface area contributed by atoms with E-state index >= 15 is 0 Å². The lowest BCUT2D eigenvalue weighted by atomic mass is 10.0. The zero-order valence-electron chi connectivity index (χ0n) is 13.5. The molecule has 9 nitrogen and oxygen atoms in total. The molecule has 9 heteroatoms. The molecule has 0 aliphatic rings. The second-order valence-corrected chi connectivity index (χ2v) is 5.95. The van der Waals surface area contributed by atoms with E-state index in [1.54, 1.807) is 6.92 Å². The highest BCUT2D eigenvalue weighted by atomic mass is 16.4. The molecule has 128 valence electrons. The van der Waals surface area contributed by atoms with Crippen molar-refractivity contribution in [2.24, 2.45) is 5.92 Å². The Balaban J connectivity index is 2.41. The number of carbonyl (C=O) groups is 2. The van der Waals surface area contributed by atoms with Crippen LogP contribution < -0.4 is 16.6 Å². The van der Waals surface area contributed by atoms with E-state index in [1.165, 1.54) is 6.07 Å². The number of carboxylic acid groups (broad SMARTS) is 1. The van der Waals surface area contributed by atoms with Crippen LogP contribution in [-0.4, -0.2) is 38.0 Å². The zero-order chi connectivity index (χ0) is 18.0. The molecule has 2 aromatic rings. The predicted molar refractivity (Wildman–Crippen MR) is 86.1 cm³/mol. The summed E-state index contributed by atoms with van der Waals surface area (Å²) in [6.45, 7) is 5.28. The molecular formula is C15H18N4O5. The van der Waals surface area contributed by atoms with Crippen LogP contribution in [0.15, 0.2) is 15.7 Å². The van der Waals surface area contributed by atoms with Gasteiger partial charge in [0.05, 0.1) is 5.39 Å². The molecule has 24 heavy (non-hydrogen) atoms. The molecule has 0 aliphatic heterocycles. The Bertz CT molecular complexity index is 912. The van der Waals surface area contributed by atoms with Gasteiger partial charge in [-0.25, -0.2) is 14.6 Å². The number of pyridine rings is 1. The topological polar surface area (TPSA) is 145 Å². The van der Waals surface area contributed by atoms with Crippen molar-refractivity contribution in [2.45, 2.75) is 33.2 Å². The number of fused-ring (bicyclic) bond motifs is 1. The highest BCUT2D eigenvalue weighted by molar-refractivity contribution is 5.97. The van der Waals surface area contributed by atoms with Gasteiger partial charge in [0.1, 0.15) is 17.4 Å². The number of hydrogen-bond acceptors (Lipinski definition) is 5. The average Bonchev–Trinajstić information content (AvgIpc) is 2.44. The van der Waals surface area contributed by atoms with Crippen molar-refractivity contribution in [1.82, 2.24) is 20.3 Å². The summed E-state index contributed by atoms with van der Waals surface area (Å²) in [7, 11) is 0. The van der Waals surface area contributed by atoms with Gasteiger partial charge in [0.2, 0.25) is 0 Å². The molecule has 2 rings (SSSR count). The molecule has 0 aromatic carbocycles. The van der Waals surface area contributed by atoms with E-state index in [0.29, 0.717) is 5.56 Å². The minimum Gasteiger partial charge on any atom is -0.480 e. The number of aromatic nitrogens is 3. The van der Waals surface area contributed by atoms with Gasteiger partial charge in [-0.1, -0.05) is 13.8 Å². The predicted octanol–water partition coefficient (Wildman–Crippen LogP) is 0.149. The molecule has 0 fully saturated rings. The molecule has 4 N–H and O–H groups in total. The van der Waals surface area contributed by atoms with Gasteiger partial charge >= 0.3 is 11.7 Å². The summed E-state index contributed by atoms with van der Waals surface area (Å²) >= 11 is 0. The van der Waals surface area contributed by atoms with E-state index in [2.05, 4.69) is 20.3 Å². The number of aryl methyl sites for hydroxylation is 1. The maximum absolute atomic E-state index is 12.3. The molecule has 1 atom stereocenters. The molecule has 0 saturated heterocycles. The Kier molecular flexibility index (Phi) is 4.82. The van der Waals surface area contributed by atoms with Crippen LogP contribution in [0.5, 0.6) is 0 Å². The van der Waals surface area contributed by atoms with Crippen molar-refractivity contribution in [3.63, 3.8) is 0 Å². The van der Waals surface area contributed by atoms with Crippen LogP contribution in [0.4, 0.5) is 0 Å². The van der Waals surface area contributed by atoms with Crippen LogP contribution in [0.1, 0.15) is 36.3 Å². The number of nitrogens with zero attached hydrogens (tertiary/aromatic N) is 1. The van der Waals surface area contributed by atoms with Crippen LogP contribution in [0.2, 0.25) is 0 Å². The molecule has 1 amide bonds. The fourth-order valence-electron chi connectivity index (χ4n) is 2.40. The molecule has 0 saturated carbocycles. The standard InChI is InChI=1S/C15H18N4O5/c1-6(2)4-9(14(22)23)17-12(20)8-5-7(3)10-11(16-8)18-15(24)19-13(10)21/h5-6,9H,4H2,1-3H3,(H,17,20)(H,22,23)(H2,16,18,19,21,24)/t9-/m0/s1. The van der Waals surface area contributed by atoms with Gasteiger partial charge in [0, 0.05) is 0 Å². The summed E-state index contributed by atoms with van der Waals surface area (Å²) in [5, 5.41) is 11.8. The number of hydrogen-bond donors (Lipinski definition) is 4. The minimum atomic E-state index is -1.14. The van der Waals surface area contributed by atoms with Crippen molar-refractivity contribution in [2.75, 3.05) is 0 Å². The molecule has 0 radical (unpaired) electrons. The van der Waals surface area contributed by atoms with Gasteiger partial charge < -0.3 is 10.4 Å². The number of nitrogens with one attached hydrogen (secondary N) is 3. The fraction of sp³-hybridized carbons (Fsp3) is 0.400. The van der Waals surface area contributed by atoms with E-state index in [9.17, 15) is 24.3 Å². The van der Waals surface area contributed by atoms with Crippen molar-refractivity contribution in [1.29, 1.82) is 0 Å². The summed E-state index contributed by atoms with van der Waals surface area (Å²) in [4.78, 5) is 55.1. The lowest BCUT2D eigenvalue weighted by molar-refractivity contribution is -0.139. The number of H-pyrrole nitrogens is 2. The Morgan fingerprint density at radius 3 is 2.54 bits per heavy atom. The van der Waals surface area contributed by atoms with Crippen LogP contribution in [0.25, 0.3) is 11.0 Å². The highest BCUT2D eigenvalue weighted by Crippen LogP contribution is 2.12. The van der Waals surface area contributed by atoms with E-state index in [0.717, 1.165) is 0 Å². The molecule has 0 aliphatic carbocycles. The Labute approximate surface area is 136 Å². The van der Waals surface area contributed by atoms with Crippen LogP contribution in [0, 0.1) is 12.8 Å². The number of carbonyl (C=O) groups excluding carboxylic acids is 1. The summed E-state index contributed by atoms with van der Waals surface area (Å²) in [6, 6.07) is 0.327. The molecule has 0 spiro atoms. The third-order valence-electron chi connectivity index (χ3n) is 3.45. The van der Waals surface area contributed by atoms with Gasteiger partial charge in [-0.3, -0.25) is 19.6 Å². The van der Waals surface area contributed by atoms with Crippen molar-refractivity contribution in [3.05, 3.63) is 38.2 Å². The van der Waals surface area contributed by atoms with E-state index < -0.39 is 29.2 Å². The highest BCUT2D eigenvalue weighted by Gasteiger charge is 2.23. The minimum absolute atomic E-state index is 0.0235. The van der Waals surface area contributed by atoms with E-state index in [4.69, 9.17) is 0 Å². The second kappa shape index (κ2) is 6.65. The molecular weight excluding hydrogens is 316 g/mol. The number of amides is 1. The third kappa shape index (κ3) is 3.67. The Morgan fingerprint density at radius 2 is 1.96 bits per heavy atom. The summed E-state index contributed by atoms with van der Waals surface area (Å²) in [5.74, 6) is -1.75. The van der Waals surface area contributed by atoms with Gasteiger partial charge in [-0.2, -0.15) is 0 Å². The van der Waals surface area contributed by atoms with Gasteiger partial charge in [-0.05, 0) is 30.9 Å². The van der Waals surface area contributed by atoms with E-state index in [1.807, 2.05) is 13.8 Å². The van der Waals surface area contributed by atoms with Crippen molar-refractivity contribution >= 4 is 22.9 Å². The average molecular weight is 334 g/mol. The van der Waals surface area contributed by atoms with Crippen molar-refractivity contribution in [3.8, 4) is 0 Å². The summed E-state index contributed by atoms with van der Waals surface area (Å²) in [5.41, 5.74) is -0.992. The maximum atomic E-state index is 12.3. The quantitative estimate of drug-likeness (QED) is 0.612. The lowest BCUT2D eigenvalue weighted by Gasteiger charge is -2.16. The summed E-state index contributed by atoms with van der Waals surface area (Å²) in [6.07, 6.45) is 0.268. The van der Waals surface area contributed by atoms with Gasteiger partial charge in [0.15, 0.2) is 0 Å². The number of rotatable bonds is 5. The smallest absolute Gasteiger partial charge is 0.327 e. The second-order valence-electron chi connectivity index (χ2n) is 5.95. The number of aromatic amines is 2. The van der Waals surface area contributed by atoms with Crippen molar-refractivity contribution < 1.29 is 14.7 Å². The largest absolute Gasteiger partial charge is 0.480 e. The van der Waals surface area contributed by atoms with Gasteiger partial charge in [0.25, 0.3) is 11.5 Å². The lowest BCUT2D eigenvalue weighted by Crippen LogP contribution is -2.42. The Morgan fingerprint density at radius 1 is 1.29 bits per heavy atom. The van der Waals surface area contributed by atoms with Crippen LogP contribution in [-0.2, 0) is 4.79 Å². The molecule has 2 heterocycles.